The molecule has 7 heteroatoms. The smallest absolute Gasteiger partial charge is 0.316 e. The summed E-state index contributed by atoms with van der Waals surface area (Å²) in [4.78, 5) is 16.3. The minimum absolute atomic E-state index is 0.529. The van der Waals surface area contributed by atoms with E-state index >= 15 is 0 Å². The van der Waals surface area contributed by atoms with Gasteiger partial charge in [-0.25, -0.2) is 4.79 Å². The van der Waals surface area contributed by atoms with E-state index in [0.29, 0.717) is 0 Å². The lowest BCUT2D eigenvalue weighted by atomic mass is 10.1. The largest absolute Gasteiger partial charge is 0.491 e. The molecule has 0 unspecified atom stereocenters. The molecule has 0 bridgehead atoms. The molecule has 3 aromatic rings. The molecule has 1 aromatic heterocycles. The van der Waals surface area contributed by atoms with Gasteiger partial charge >= 0.3 is 6.03 Å². The second kappa shape index (κ2) is 9.12. The topological polar surface area (TPSA) is 75.8 Å². The first kappa shape index (κ1) is 20.7. The van der Waals surface area contributed by atoms with Crippen LogP contribution < -0.4 is 20.7 Å². The highest BCUT2D eigenvalue weighted by Crippen LogP contribution is 2.36. The van der Waals surface area contributed by atoms with Gasteiger partial charge < -0.3 is 25.3 Å². The maximum Gasteiger partial charge on any atom is 0.316 e. The van der Waals surface area contributed by atoms with E-state index in [-0.39, 0.29) is 0 Å². The van der Waals surface area contributed by atoms with E-state index in [4.69, 9.17) is 10.5 Å². The van der Waals surface area contributed by atoms with Crippen LogP contribution in [-0.2, 0) is 13.0 Å². The summed E-state index contributed by atoms with van der Waals surface area (Å²) in [6.45, 7) is 7.11. The van der Waals surface area contributed by atoms with E-state index in [2.05, 4.69) is 43.9 Å². The first-order valence-electron chi connectivity index (χ1n) is 11.6. The number of hydrogen-bond acceptors (Lipinski definition) is 4. The van der Waals surface area contributed by atoms with Crippen molar-refractivity contribution in [1.82, 2.24) is 9.47 Å². The van der Waals surface area contributed by atoms with Crippen LogP contribution in [0.15, 0.2) is 48.7 Å². The van der Waals surface area contributed by atoms with E-state index in [1.807, 2.05) is 24.4 Å². The second-order valence-corrected chi connectivity index (χ2v) is 8.64. The average Bonchev–Trinajstić information content (AvgIpc) is 3.42. The molecule has 1 fully saturated rings. The van der Waals surface area contributed by atoms with E-state index < -0.39 is 6.03 Å². The molecule has 2 aliphatic rings. The normalized spacial score (nSPS) is 16.2. The van der Waals surface area contributed by atoms with Gasteiger partial charge in [-0.1, -0.05) is 30.3 Å². The number of nitrogens with one attached hydrogen (secondary N) is 1. The molecular formula is C25H31N5O2. The Balaban J connectivity index is 1.11. The fourth-order valence-corrected chi connectivity index (χ4v) is 4.94. The molecule has 0 atom stereocenters. The van der Waals surface area contributed by atoms with Crippen molar-refractivity contribution in [3.8, 4) is 5.75 Å². The van der Waals surface area contributed by atoms with Crippen molar-refractivity contribution in [3.05, 3.63) is 54.2 Å². The van der Waals surface area contributed by atoms with Crippen LogP contribution in [0.3, 0.4) is 0 Å². The van der Waals surface area contributed by atoms with Crippen molar-refractivity contribution in [2.45, 2.75) is 25.8 Å². The van der Waals surface area contributed by atoms with E-state index in [1.54, 1.807) is 0 Å². The van der Waals surface area contributed by atoms with Crippen LogP contribution in [0.4, 0.5) is 16.2 Å². The third-order valence-corrected chi connectivity index (χ3v) is 6.58. The number of carbonyl (C=O) groups is 1. The molecule has 0 spiro atoms. The first-order valence-corrected chi connectivity index (χ1v) is 11.6. The molecule has 0 radical (unpaired) electrons. The Bertz CT molecular complexity index is 1100. The number of nitrogens with two attached hydrogens (primary N) is 1. The number of hydrogen-bond donors (Lipinski definition) is 2. The summed E-state index contributed by atoms with van der Waals surface area (Å²) in [5, 5.41) is 3.77. The van der Waals surface area contributed by atoms with Crippen LogP contribution in [0.25, 0.3) is 10.9 Å². The number of anilines is 2. The van der Waals surface area contributed by atoms with Gasteiger partial charge in [-0.2, -0.15) is 0 Å². The van der Waals surface area contributed by atoms with Crippen LogP contribution in [0, 0.1) is 0 Å². The molecule has 7 nitrogen and oxygen atoms in total. The van der Waals surface area contributed by atoms with Crippen molar-refractivity contribution in [2.75, 3.05) is 49.5 Å². The number of nitrogens with zero attached hydrogens (tertiary/aromatic N) is 3. The number of ether oxygens (including phenoxy) is 1. The van der Waals surface area contributed by atoms with Crippen molar-refractivity contribution in [1.29, 1.82) is 0 Å². The number of piperazine rings is 1. The average molecular weight is 434 g/mol. The maximum atomic E-state index is 11.3. The summed E-state index contributed by atoms with van der Waals surface area (Å²) < 4.78 is 8.11. The molecule has 0 aliphatic carbocycles. The van der Waals surface area contributed by atoms with Gasteiger partial charge in [-0.15, -0.1) is 0 Å². The van der Waals surface area contributed by atoms with Gasteiger partial charge in [-0.05, 0) is 37.1 Å². The number of carbonyl (C=O) groups excluding carboxylic acids is 1. The number of fused-ring (bicyclic) bond motifs is 2. The van der Waals surface area contributed by atoms with Gasteiger partial charge in [0.2, 0.25) is 0 Å². The lowest BCUT2D eigenvalue weighted by Gasteiger charge is -2.36. The lowest BCUT2D eigenvalue weighted by Crippen LogP contribution is -2.46. The number of unbranched alkanes of at least 4 members (excludes halogenated alkanes) is 1. The summed E-state index contributed by atoms with van der Waals surface area (Å²) in [5.41, 5.74) is 9.84. The predicted octanol–water partition coefficient (Wildman–Crippen LogP) is 3.67. The summed E-state index contributed by atoms with van der Waals surface area (Å²) in [6.07, 6.45) is 5.26. The number of para-hydroxylation sites is 2. The van der Waals surface area contributed by atoms with E-state index in [1.165, 1.54) is 11.3 Å². The van der Waals surface area contributed by atoms with Gasteiger partial charge in [0.05, 0.1) is 23.5 Å². The molecule has 2 amide bonds. The highest BCUT2D eigenvalue weighted by atomic mass is 16.5. The Morgan fingerprint density at radius 1 is 1.00 bits per heavy atom. The SMILES string of the molecule is NC(=O)Nc1cn(CCCCN2CCN(c3cccc4c3OCC4)CC2)c2ccccc12. The summed E-state index contributed by atoms with van der Waals surface area (Å²) in [5.74, 6) is 1.10. The van der Waals surface area contributed by atoms with Gasteiger partial charge in [0.15, 0.2) is 0 Å². The van der Waals surface area contributed by atoms with Crippen molar-refractivity contribution < 1.29 is 9.53 Å². The highest BCUT2D eigenvalue weighted by molar-refractivity contribution is 6.00. The van der Waals surface area contributed by atoms with Crippen molar-refractivity contribution in [3.63, 3.8) is 0 Å². The van der Waals surface area contributed by atoms with Crippen LogP contribution in [0.1, 0.15) is 18.4 Å². The summed E-state index contributed by atoms with van der Waals surface area (Å²) >= 11 is 0. The fraction of sp³-hybridized carbons (Fsp3) is 0.400. The van der Waals surface area contributed by atoms with Crippen LogP contribution in [0.2, 0.25) is 0 Å². The molecule has 32 heavy (non-hydrogen) atoms. The maximum absolute atomic E-state index is 11.3. The van der Waals surface area contributed by atoms with Crippen molar-refractivity contribution in [2.24, 2.45) is 5.73 Å². The van der Waals surface area contributed by atoms with Gasteiger partial charge in [0.25, 0.3) is 0 Å². The van der Waals surface area contributed by atoms with Crippen LogP contribution in [-0.4, -0.2) is 54.8 Å². The summed E-state index contributed by atoms with van der Waals surface area (Å²) in [7, 11) is 0. The van der Waals surface area contributed by atoms with Crippen LogP contribution >= 0.6 is 0 Å². The number of urea groups is 1. The number of benzene rings is 2. The fourth-order valence-electron chi connectivity index (χ4n) is 4.94. The Morgan fingerprint density at radius 3 is 2.66 bits per heavy atom. The Labute approximate surface area is 188 Å². The molecule has 1 saturated heterocycles. The molecule has 168 valence electrons. The number of rotatable bonds is 7. The molecule has 0 saturated carbocycles. The lowest BCUT2D eigenvalue weighted by molar-refractivity contribution is 0.250. The molecule has 5 rings (SSSR count). The Kier molecular flexibility index (Phi) is 5.90. The summed E-state index contributed by atoms with van der Waals surface area (Å²) in [6, 6.07) is 14.1. The van der Waals surface area contributed by atoms with Crippen molar-refractivity contribution >= 4 is 28.3 Å². The van der Waals surface area contributed by atoms with Gasteiger partial charge in [0, 0.05) is 50.7 Å². The van der Waals surface area contributed by atoms with Gasteiger partial charge in [-0.3, -0.25) is 4.90 Å². The first-order chi connectivity index (χ1) is 15.7. The zero-order valence-electron chi connectivity index (χ0n) is 18.4. The monoisotopic (exact) mass is 433 g/mol. The highest BCUT2D eigenvalue weighted by Gasteiger charge is 2.23. The standard InChI is InChI=1S/C25H31N5O2/c26-25(31)27-21-18-30(22-8-2-1-7-20(21)22)12-4-3-11-28-13-15-29(16-14-28)23-9-5-6-19-10-17-32-24(19)23/h1-2,5-9,18H,3-4,10-17H2,(H3,26,27,31). The molecule has 3 heterocycles. The quantitative estimate of drug-likeness (QED) is 0.558. The molecule has 3 N–H and O–H groups in total. The predicted molar refractivity (Wildman–Crippen MR) is 129 cm³/mol. The second-order valence-electron chi connectivity index (χ2n) is 8.64. The minimum atomic E-state index is -0.529. The number of aromatic nitrogens is 1. The third-order valence-electron chi connectivity index (χ3n) is 6.58. The minimum Gasteiger partial charge on any atom is -0.491 e. The molecule has 2 aliphatic heterocycles. The number of aryl methyl sites for hydroxylation is 1. The number of primary amides is 1. The van der Waals surface area contributed by atoms with Crippen LogP contribution in [0.5, 0.6) is 5.75 Å². The third kappa shape index (κ3) is 4.25. The molecule has 2 aromatic carbocycles. The zero-order valence-corrected chi connectivity index (χ0v) is 18.4. The van der Waals surface area contributed by atoms with E-state index in [9.17, 15) is 4.79 Å². The van der Waals surface area contributed by atoms with E-state index in [0.717, 1.165) is 87.5 Å². The number of amides is 2. The zero-order chi connectivity index (χ0) is 21.9. The Morgan fingerprint density at radius 2 is 1.81 bits per heavy atom. The molecular weight excluding hydrogens is 402 g/mol. The van der Waals surface area contributed by atoms with Gasteiger partial charge in [0.1, 0.15) is 5.75 Å². The Hall–Kier alpha value is -3.19.